The van der Waals surface area contributed by atoms with Crippen molar-refractivity contribution in [1.29, 1.82) is 0 Å². The summed E-state index contributed by atoms with van der Waals surface area (Å²) in [5.41, 5.74) is -0.707. The maximum absolute atomic E-state index is 12.5. The van der Waals surface area contributed by atoms with Crippen LogP contribution in [0.15, 0.2) is 6.20 Å². The van der Waals surface area contributed by atoms with Crippen LogP contribution in [-0.4, -0.2) is 63.7 Å². The Kier molecular flexibility index (Phi) is 5.65. The van der Waals surface area contributed by atoms with Crippen LogP contribution in [-0.2, 0) is 0 Å². The normalized spacial score (nSPS) is 21.3. The van der Waals surface area contributed by atoms with Crippen LogP contribution < -0.4 is 5.32 Å². The molecule has 1 fully saturated rings. The number of amides is 2. The Morgan fingerprint density at radius 1 is 1.57 bits per heavy atom. The third-order valence-corrected chi connectivity index (χ3v) is 5.03. The second-order valence-corrected chi connectivity index (χ2v) is 8.34. The number of hydrogen-bond donors (Lipinski definition) is 2. The molecule has 2 rings (SSSR count). The first-order valence-electron chi connectivity index (χ1n) is 8.10. The zero-order valence-corrected chi connectivity index (χ0v) is 15.5. The van der Waals surface area contributed by atoms with Crippen molar-refractivity contribution in [3.8, 4) is 0 Å². The van der Waals surface area contributed by atoms with Gasteiger partial charge in [0.25, 0.3) is 0 Å². The molecule has 0 bridgehead atoms. The van der Waals surface area contributed by atoms with Crippen LogP contribution in [0.1, 0.15) is 43.6 Å². The van der Waals surface area contributed by atoms with Gasteiger partial charge in [0.05, 0.1) is 11.6 Å². The summed E-state index contributed by atoms with van der Waals surface area (Å²) in [6, 6.07) is -0.0000949. The molecule has 23 heavy (non-hydrogen) atoms. The molecule has 1 aromatic heterocycles. The number of thiazole rings is 1. The Morgan fingerprint density at radius 3 is 2.78 bits per heavy atom. The van der Waals surface area contributed by atoms with Gasteiger partial charge in [-0.25, -0.2) is 9.78 Å². The molecule has 2 atom stereocenters. The Balaban J connectivity index is 1.88. The second kappa shape index (κ2) is 7.15. The van der Waals surface area contributed by atoms with E-state index in [1.165, 1.54) is 0 Å². The topological polar surface area (TPSA) is 68.7 Å². The summed E-state index contributed by atoms with van der Waals surface area (Å²) >= 11 is 1.61. The first-order chi connectivity index (χ1) is 10.7. The number of nitrogens with zero attached hydrogens (tertiary/aromatic N) is 3. The molecule has 0 radical (unpaired) electrons. The minimum Gasteiger partial charge on any atom is -0.389 e. The minimum atomic E-state index is -0.707. The fourth-order valence-corrected chi connectivity index (χ4v) is 3.70. The van der Waals surface area contributed by atoms with Crippen molar-refractivity contribution >= 4 is 17.4 Å². The van der Waals surface area contributed by atoms with E-state index in [2.05, 4.69) is 15.2 Å². The summed E-state index contributed by atoms with van der Waals surface area (Å²) in [4.78, 5) is 22.1. The highest BCUT2D eigenvalue weighted by molar-refractivity contribution is 7.11. The largest absolute Gasteiger partial charge is 0.389 e. The Labute approximate surface area is 142 Å². The molecule has 1 aliphatic heterocycles. The van der Waals surface area contributed by atoms with Gasteiger partial charge in [-0.3, -0.25) is 4.90 Å². The number of aromatic nitrogens is 1. The monoisotopic (exact) mass is 340 g/mol. The molecular weight excluding hydrogens is 312 g/mol. The van der Waals surface area contributed by atoms with Gasteiger partial charge in [0.15, 0.2) is 0 Å². The van der Waals surface area contributed by atoms with Crippen molar-refractivity contribution in [2.75, 3.05) is 26.2 Å². The smallest absolute Gasteiger partial charge is 0.318 e. The molecule has 0 aliphatic carbocycles. The summed E-state index contributed by atoms with van der Waals surface area (Å²) in [7, 11) is 0. The van der Waals surface area contributed by atoms with Gasteiger partial charge in [-0.15, -0.1) is 11.3 Å². The lowest BCUT2D eigenvalue weighted by Gasteiger charge is -2.41. The number of aliphatic hydroxyl groups is 1. The Hall–Kier alpha value is -1.18. The number of hydrogen-bond acceptors (Lipinski definition) is 5. The van der Waals surface area contributed by atoms with Gasteiger partial charge < -0.3 is 15.3 Å². The molecule has 0 saturated carbocycles. The highest BCUT2D eigenvalue weighted by atomic mass is 32.1. The number of aryl methyl sites for hydroxylation is 1. The van der Waals surface area contributed by atoms with Crippen molar-refractivity contribution < 1.29 is 9.90 Å². The van der Waals surface area contributed by atoms with Crippen LogP contribution in [0.2, 0.25) is 0 Å². The number of nitrogens with one attached hydrogen (secondary N) is 1. The van der Waals surface area contributed by atoms with Crippen molar-refractivity contribution in [2.45, 2.75) is 52.3 Å². The van der Waals surface area contributed by atoms with Gasteiger partial charge in [0.2, 0.25) is 0 Å². The van der Waals surface area contributed by atoms with E-state index in [9.17, 15) is 9.90 Å². The molecule has 7 heteroatoms. The van der Waals surface area contributed by atoms with Crippen LogP contribution in [0.4, 0.5) is 4.79 Å². The van der Waals surface area contributed by atoms with E-state index in [-0.39, 0.29) is 18.1 Å². The van der Waals surface area contributed by atoms with Crippen molar-refractivity contribution in [1.82, 2.24) is 20.1 Å². The lowest BCUT2D eigenvalue weighted by Crippen LogP contribution is -2.58. The first kappa shape index (κ1) is 18.2. The molecule has 0 aromatic carbocycles. The maximum atomic E-state index is 12.5. The molecule has 2 N–H and O–H groups in total. The van der Waals surface area contributed by atoms with E-state index in [1.54, 1.807) is 11.3 Å². The lowest BCUT2D eigenvalue weighted by molar-refractivity contribution is 0.0117. The Morgan fingerprint density at radius 2 is 2.26 bits per heavy atom. The predicted octanol–water partition coefficient (Wildman–Crippen LogP) is 2.00. The van der Waals surface area contributed by atoms with Crippen molar-refractivity contribution in [2.24, 2.45) is 0 Å². The minimum absolute atomic E-state index is 0.0410. The maximum Gasteiger partial charge on any atom is 0.318 e. The van der Waals surface area contributed by atoms with Gasteiger partial charge in [0, 0.05) is 43.3 Å². The third kappa shape index (κ3) is 5.16. The zero-order chi connectivity index (χ0) is 17.2. The molecule has 1 aliphatic rings. The first-order valence-corrected chi connectivity index (χ1v) is 8.91. The van der Waals surface area contributed by atoms with Crippen molar-refractivity contribution in [3.63, 3.8) is 0 Å². The number of carbonyl (C=O) groups excluding carboxylic acids is 1. The second-order valence-electron chi connectivity index (χ2n) is 7.07. The number of rotatable bonds is 4. The average molecular weight is 340 g/mol. The van der Waals surface area contributed by atoms with Gasteiger partial charge >= 0.3 is 6.03 Å². The Bertz CT molecular complexity index is 540. The molecule has 1 saturated heterocycles. The molecule has 130 valence electrons. The fourth-order valence-electron chi connectivity index (χ4n) is 2.93. The van der Waals surface area contributed by atoms with Crippen LogP contribution >= 0.6 is 11.3 Å². The third-order valence-electron chi connectivity index (χ3n) is 3.93. The SMILES string of the molecule is Cc1cnc([C@H](C)NC(=O)N2CCN(CC(C)(C)O)C[C@@H]2C)s1. The molecular formula is C16H28N4O2S. The standard InChI is InChI=1S/C16H28N4O2S/c1-11-9-19(10-16(4,5)22)6-7-20(11)15(21)18-13(3)14-17-8-12(2)23-14/h8,11,13,22H,6-7,9-10H2,1-5H3,(H,18,21)/t11-,13-/m0/s1. The van der Waals surface area contributed by atoms with E-state index in [4.69, 9.17) is 0 Å². The number of urea groups is 1. The summed E-state index contributed by atoms with van der Waals surface area (Å²) in [6.07, 6.45) is 1.83. The van der Waals surface area contributed by atoms with E-state index >= 15 is 0 Å². The fraction of sp³-hybridized carbons (Fsp3) is 0.750. The van der Waals surface area contributed by atoms with E-state index in [0.717, 1.165) is 23.0 Å². The van der Waals surface area contributed by atoms with Crippen LogP contribution in [0.3, 0.4) is 0 Å². The van der Waals surface area contributed by atoms with Gasteiger partial charge in [-0.05, 0) is 34.6 Å². The summed E-state index contributed by atoms with van der Waals surface area (Å²) < 4.78 is 0. The quantitative estimate of drug-likeness (QED) is 0.880. The van der Waals surface area contributed by atoms with E-state index in [0.29, 0.717) is 13.1 Å². The molecule has 2 amide bonds. The highest BCUT2D eigenvalue weighted by Gasteiger charge is 2.30. The molecule has 0 spiro atoms. The average Bonchev–Trinajstić information content (AvgIpc) is 2.83. The molecule has 1 aromatic rings. The lowest BCUT2D eigenvalue weighted by atomic mass is 10.1. The van der Waals surface area contributed by atoms with Crippen LogP contribution in [0.5, 0.6) is 0 Å². The van der Waals surface area contributed by atoms with Crippen LogP contribution in [0, 0.1) is 6.92 Å². The summed E-state index contributed by atoms with van der Waals surface area (Å²) in [5.74, 6) is 0. The summed E-state index contributed by atoms with van der Waals surface area (Å²) in [5, 5.41) is 13.9. The molecule has 2 heterocycles. The van der Waals surface area contributed by atoms with E-state index < -0.39 is 5.60 Å². The van der Waals surface area contributed by atoms with Gasteiger partial charge in [-0.1, -0.05) is 0 Å². The molecule has 0 unspecified atom stereocenters. The van der Waals surface area contributed by atoms with Gasteiger partial charge in [-0.2, -0.15) is 0 Å². The zero-order valence-electron chi connectivity index (χ0n) is 14.7. The van der Waals surface area contributed by atoms with E-state index in [1.807, 2.05) is 45.7 Å². The highest BCUT2D eigenvalue weighted by Crippen LogP contribution is 2.20. The number of piperazine rings is 1. The predicted molar refractivity (Wildman–Crippen MR) is 92.7 cm³/mol. The van der Waals surface area contributed by atoms with Crippen molar-refractivity contribution in [3.05, 3.63) is 16.1 Å². The van der Waals surface area contributed by atoms with Gasteiger partial charge in [0.1, 0.15) is 5.01 Å². The summed E-state index contributed by atoms with van der Waals surface area (Å²) in [6.45, 7) is 12.5. The number of β-amino-alcohol motifs (C(OH)–C–C–N with tert-alkyl or cyclic N) is 1. The number of carbonyl (C=O) groups is 1. The van der Waals surface area contributed by atoms with Crippen LogP contribution in [0.25, 0.3) is 0 Å². The molecule has 6 nitrogen and oxygen atoms in total.